The van der Waals surface area contributed by atoms with Crippen LogP contribution in [0.25, 0.3) is 22.4 Å². The Labute approximate surface area is 128 Å². The number of aromatic nitrogens is 3. The van der Waals surface area contributed by atoms with Gasteiger partial charge in [-0.15, -0.1) is 0 Å². The molecule has 0 fully saturated rings. The van der Waals surface area contributed by atoms with E-state index in [1.54, 1.807) is 23.0 Å². The van der Waals surface area contributed by atoms with E-state index in [0.717, 1.165) is 28.1 Å². The van der Waals surface area contributed by atoms with Crippen LogP contribution in [0, 0.1) is 5.82 Å². The van der Waals surface area contributed by atoms with Crippen LogP contribution in [0.5, 0.6) is 0 Å². The molecule has 0 saturated heterocycles. The number of halogens is 1. The fraction of sp³-hybridized carbons (Fsp3) is 0.176. The number of rotatable bonds is 4. The van der Waals surface area contributed by atoms with Crippen LogP contribution in [0.4, 0.5) is 4.39 Å². The van der Waals surface area contributed by atoms with Crippen LogP contribution < -0.4 is 5.32 Å². The van der Waals surface area contributed by atoms with Crippen molar-refractivity contribution in [2.45, 2.75) is 6.54 Å². The number of hydrogen-bond donors (Lipinski definition) is 1. The van der Waals surface area contributed by atoms with E-state index < -0.39 is 0 Å². The van der Waals surface area contributed by atoms with Crippen molar-refractivity contribution in [1.82, 2.24) is 20.1 Å². The van der Waals surface area contributed by atoms with Crippen molar-refractivity contribution in [3.8, 4) is 22.4 Å². The molecule has 0 saturated carbocycles. The highest BCUT2D eigenvalue weighted by Crippen LogP contribution is 2.31. The van der Waals surface area contributed by atoms with Gasteiger partial charge in [-0.25, -0.2) is 4.39 Å². The average Bonchev–Trinajstić information content (AvgIpc) is 2.91. The molecule has 0 atom stereocenters. The van der Waals surface area contributed by atoms with Gasteiger partial charge in [-0.1, -0.05) is 0 Å². The Bertz CT molecular complexity index is 778. The predicted octanol–water partition coefficient (Wildman–Crippen LogP) is 3.01. The minimum atomic E-state index is -0.249. The lowest BCUT2D eigenvalue weighted by molar-refractivity contribution is 0.628. The molecule has 2 aromatic heterocycles. The summed E-state index contributed by atoms with van der Waals surface area (Å²) in [6, 6.07) is 10.4. The quantitative estimate of drug-likeness (QED) is 0.805. The Kier molecular flexibility index (Phi) is 3.98. The van der Waals surface area contributed by atoms with Crippen molar-refractivity contribution < 1.29 is 4.39 Å². The molecule has 3 aromatic rings. The molecule has 1 N–H and O–H groups in total. The van der Waals surface area contributed by atoms with Gasteiger partial charge in [0.05, 0.1) is 5.69 Å². The molecule has 0 amide bonds. The molecule has 2 heterocycles. The highest BCUT2D eigenvalue weighted by atomic mass is 19.1. The van der Waals surface area contributed by atoms with Crippen LogP contribution in [0.3, 0.4) is 0 Å². The minimum absolute atomic E-state index is 0.249. The van der Waals surface area contributed by atoms with Gasteiger partial charge in [0.1, 0.15) is 11.5 Å². The van der Waals surface area contributed by atoms with Crippen molar-refractivity contribution in [2.75, 3.05) is 7.05 Å². The molecule has 0 unspecified atom stereocenters. The second-order valence-corrected chi connectivity index (χ2v) is 5.14. The van der Waals surface area contributed by atoms with E-state index in [1.165, 1.54) is 12.1 Å². The van der Waals surface area contributed by atoms with Crippen molar-refractivity contribution in [3.63, 3.8) is 0 Å². The molecule has 5 heteroatoms. The van der Waals surface area contributed by atoms with Crippen LogP contribution in [0.1, 0.15) is 5.69 Å². The zero-order valence-electron chi connectivity index (χ0n) is 12.5. The van der Waals surface area contributed by atoms with Crippen molar-refractivity contribution in [3.05, 3.63) is 60.3 Å². The van der Waals surface area contributed by atoms with Crippen molar-refractivity contribution in [2.24, 2.45) is 7.05 Å². The van der Waals surface area contributed by atoms with E-state index in [2.05, 4.69) is 15.4 Å². The van der Waals surface area contributed by atoms with E-state index in [0.29, 0.717) is 6.54 Å². The molecular weight excluding hydrogens is 279 g/mol. The van der Waals surface area contributed by atoms with Crippen LogP contribution in [0.15, 0.2) is 48.8 Å². The van der Waals surface area contributed by atoms with E-state index in [-0.39, 0.29) is 5.82 Å². The van der Waals surface area contributed by atoms with Gasteiger partial charge in [-0.3, -0.25) is 9.67 Å². The normalized spacial score (nSPS) is 10.9. The topological polar surface area (TPSA) is 42.7 Å². The Balaban J connectivity index is 2.08. The molecule has 112 valence electrons. The molecule has 0 aliphatic rings. The third-order valence-electron chi connectivity index (χ3n) is 3.43. The van der Waals surface area contributed by atoms with Gasteiger partial charge >= 0.3 is 0 Å². The molecular formula is C17H17FN4. The largest absolute Gasteiger partial charge is 0.314 e. The summed E-state index contributed by atoms with van der Waals surface area (Å²) < 4.78 is 14.9. The minimum Gasteiger partial charge on any atom is -0.314 e. The first-order valence-electron chi connectivity index (χ1n) is 7.07. The van der Waals surface area contributed by atoms with Crippen molar-refractivity contribution >= 4 is 0 Å². The molecule has 4 nitrogen and oxygen atoms in total. The summed E-state index contributed by atoms with van der Waals surface area (Å²) >= 11 is 0. The van der Waals surface area contributed by atoms with E-state index in [9.17, 15) is 4.39 Å². The Morgan fingerprint density at radius 3 is 2.64 bits per heavy atom. The second-order valence-electron chi connectivity index (χ2n) is 5.14. The number of hydrogen-bond acceptors (Lipinski definition) is 3. The maximum absolute atomic E-state index is 13.1. The van der Waals surface area contributed by atoms with Crippen LogP contribution in [-0.2, 0) is 13.6 Å². The fourth-order valence-corrected chi connectivity index (χ4v) is 2.44. The average molecular weight is 296 g/mol. The lowest BCUT2D eigenvalue weighted by Crippen LogP contribution is -2.06. The van der Waals surface area contributed by atoms with Crippen LogP contribution in [-0.4, -0.2) is 21.8 Å². The van der Waals surface area contributed by atoms with Gasteiger partial charge in [-0.05, 0) is 49.0 Å². The predicted molar refractivity (Wildman–Crippen MR) is 84.6 cm³/mol. The summed E-state index contributed by atoms with van der Waals surface area (Å²) in [6.45, 7) is 0.708. The van der Waals surface area contributed by atoms with Gasteiger partial charge in [0.15, 0.2) is 0 Å². The summed E-state index contributed by atoms with van der Waals surface area (Å²) in [4.78, 5) is 4.34. The monoisotopic (exact) mass is 296 g/mol. The Morgan fingerprint density at radius 2 is 1.91 bits per heavy atom. The highest BCUT2D eigenvalue weighted by Gasteiger charge is 2.13. The number of benzene rings is 1. The molecule has 22 heavy (non-hydrogen) atoms. The highest BCUT2D eigenvalue weighted by molar-refractivity contribution is 5.80. The molecule has 0 aliphatic heterocycles. The van der Waals surface area contributed by atoms with Crippen molar-refractivity contribution in [1.29, 1.82) is 0 Å². The van der Waals surface area contributed by atoms with E-state index in [4.69, 9.17) is 0 Å². The standard InChI is InChI=1S/C17H17FN4/c1-19-10-15-9-13(7-8-20-15)16-11-22(2)21-17(16)12-3-5-14(18)6-4-12/h3-9,11,19H,10H2,1-2H3. The third kappa shape index (κ3) is 2.89. The van der Waals surface area contributed by atoms with Gasteiger partial charge in [0.2, 0.25) is 0 Å². The lowest BCUT2D eigenvalue weighted by atomic mass is 10.0. The molecule has 0 radical (unpaired) electrons. The number of nitrogens with one attached hydrogen (secondary N) is 1. The van der Waals surface area contributed by atoms with Gasteiger partial charge in [0, 0.05) is 37.1 Å². The van der Waals surface area contributed by atoms with Crippen LogP contribution in [0.2, 0.25) is 0 Å². The van der Waals surface area contributed by atoms with Gasteiger partial charge < -0.3 is 5.32 Å². The summed E-state index contributed by atoms with van der Waals surface area (Å²) in [7, 11) is 3.77. The lowest BCUT2D eigenvalue weighted by Gasteiger charge is -2.05. The Hall–Kier alpha value is -2.53. The zero-order valence-corrected chi connectivity index (χ0v) is 12.5. The third-order valence-corrected chi connectivity index (χ3v) is 3.43. The van der Waals surface area contributed by atoms with Gasteiger partial charge in [0.25, 0.3) is 0 Å². The molecule has 3 rings (SSSR count). The van der Waals surface area contributed by atoms with Crippen LogP contribution >= 0.6 is 0 Å². The first-order valence-corrected chi connectivity index (χ1v) is 7.07. The SMILES string of the molecule is CNCc1cc(-c2cn(C)nc2-c2ccc(F)cc2)ccn1. The zero-order chi connectivity index (χ0) is 15.5. The molecule has 1 aromatic carbocycles. The summed E-state index contributed by atoms with van der Waals surface area (Å²) in [5.74, 6) is -0.249. The summed E-state index contributed by atoms with van der Waals surface area (Å²) in [5.41, 5.74) is 4.75. The van der Waals surface area contributed by atoms with Gasteiger partial charge in [-0.2, -0.15) is 5.10 Å². The van der Waals surface area contributed by atoms with E-state index >= 15 is 0 Å². The fourth-order valence-electron chi connectivity index (χ4n) is 2.44. The molecule has 0 spiro atoms. The molecule has 0 bridgehead atoms. The maximum atomic E-state index is 13.1. The van der Waals surface area contributed by atoms with E-state index in [1.807, 2.05) is 32.4 Å². The summed E-state index contributed by atoms with van der Waals surface area (Å²) in [5, 5.41) is 7.62. The first kappa shape index (κ1) is 14.4. The maximum Gasteiger partial charge on any atom is 0.123 e. The first-order chi connectivity index (χ1) is 10.7. The Morgan fingerprint density at radius 1 is 1.14 bits per heavy atom. The number of aryl methyl sites for hydroxylation is 1. The molecule has 0 aliphatic carbocycles. The number of nitrogens with zero attached hydrogens (tertiary/aromatic N) is 3. The smallest absolute Gasteiger partial charge is 0.123 e. The second kappa shape index (κ2) is 6.07. The summed E-state index contributed by atoms with van der Waals surface area (Å²) in [6.07, 6.45) is 3.76. The number of pyridine rings is 1.